The summed E-state index contributed by atoms with van der Waals surface area (Å²) in [7, 11) is -2.05. The number of ether oxygens (including phenoxy) is 2. The highest BCUT2D eigenvalue weighted by Gasteiger charge is 2.39. The Morgan fingerprint density at radius 1 is 1.15 bits per heavy atom. The normalized spacial score (nSPS) is 19.4. The van der Waals surface area contributed by atoms with Crippen molar-refractivity contribution in [3.8, 4) is 22.9 Å². The van der Waals surface area contributed by atoms with Crippen molar-refractivity contribution in [2.45, 2.75) is 65.2 Å². The van der Waals surface area contributed by atoms with Gasteiger partial charge in [-0.15, -0.1) is 5.16 Å². The van der Waals surface area contributed by atoms with Crippen LogP contribution in [0.4, 0.5) is 8.78 Å². The maximum atomic E-state index is 15.8. The number of aromatic amines is 1. The second-order valence-electron chi connectivity index (χ2n) is 14.9. The van der Waals surface area contributed by atoms with E-state index in [2.05, 4.69) is 10.1 Å². The van der Waals surface area contributed by atoms with E-state index in [1.54, 1.807) is 33.2 Å². The fourth-order valence-corrected chi connectivity index (χ4v) is 9.46. The van der Waals surface area contributed by atoms with Crippen LogP contribution in [0.1, 0.15) is 69.5 Å². The molecule has 4 bridgehead atoms. The van der Waals surface area contributed by atoms with Crippen LogP contribution in [0, 0.1) is 23.0 Å². The lowest BCUT2D eigenvalue weighted by Crippen LogP contribution is -2.33. The number of halogens is 2. The molecule has 11 nitrogen and oxygen atoms in total. The average Bonchev–Trinajstić information content (AvgIpc) is 3.74. The van der Waals surface area contributed by atoms with E-state index in [9.17, 15) is 18.4 Å². The number of nitrogens with zero attached hydrogens (tertiary/aromatic N) is 4. The Morgan fingerprint density at radius 2 is 1.94 bits per heavy atom. The summed E-state index contributed by atoms with van der Waals surface area (Å²) in [4.78, 5) is 20.3. The molecule has 2 unspecified atom stereocenters. The molecule has 54 heavy (non-hydrogen) atoms. The number of fused-ring (bicyclic) bond motifs is 8. The molecular weight excluding hydrogens is 717 g/mol. The summed E-state index contributed by atoms with van der Waals surface area (Å²) in [5.74, 6) is -2.16. The molecule has 286 valence electrons. The van der Waals surface area contributed by atoms with E-state index in [1.807, 2.05) is 38.1 Å². The van der Waals surface area contributed by atoms with Crippen molar-refractivity contribution >= 4 is 32.9 Å². The SMILES string of the molecule is CCOC(=O)C(C)Cc1cccc(C2(/C=N\O)CCCC(C)(C)CS(=O)(=O)CCc3c(c(F)cc4[nH]ccc34)Oc3ccc(F)c(c3)-c3nc2nn3C)c1. The van der Waals surface area contributed by atoms with E-state index < -0.39 is 38.2 Å². The standard InChI is InChI=1S/C40H45F2N5O6S/c1-6-52-37(48)25(2)19-26-9-7-10-27(20-26)40(23-44-49)16-8-15-39(3,4)24-54(50,51)18-14-30-29-13-17-43-34(29)22-33(42)35(30)53-28-11-12-32(41)31(21-28)36-45-38(40)46-47(36)5/h7,9-13,17,20-23,25,43,49H,6,8,14-16,18-19,24H2,1-5H3/b44-23-. The number of nitrogens with one attached hydrogen (secondary N) is 1. The van der Waals surface area contributed by atoms with Crippen LogP contribution in [0.5, 0.6) is 11.5 Å². The zero-order valence-electron chi connectivity index (χ0n) is 31.0. The first-order valence-electron chi connectivity index (χ1n) is 18.0. The van der Waals surface area contributed by atoms with Crippen molar-refractivity contribution in [3.05, 3.63) is 94.9 Å². The lowest BCUT2D eigenvalue weighted by molar-refractivity contribution is -0.147. The summed E-state index contributed by atoms with van der Waals surface area (Å²) in [6, 6.07) is 14.4. The molecule has 0 saturated heterocycles. The molecule has 0 fully saturated rings. The molecular formula is C40H45F2N5O6S. The maximum Gasteiger partial charge on any atom is 0.308 e. The highest BCUT2D eigenvalue weighted by atomic mass is 32.2. The van der Waals surface area contributed by atoms with Gasteiger partial charge in [-0.2, -0.15) is 5.10 Å². The van der Waals surface area contributed by atoms with Crippen molar-refractivity contribution in [1.82, 2.24) is 19.7 Å². The molecule has 2 N–H and O–H groups in total. The predicted octanol–water partition coefficient (Wildman–Crippen LogP) is 7.69. The molecule has 5 aromatic rings. The van der Waals surface area contributed by atoms with E-state index in [0.29, 0.717) is 47.7 Å². The van der Waals surface area contributed by atoms with Crippen molar-refractivity contribution < 1.29 is 36.7 Å². The average molecular weight is 762 g/mol. The smallest absolute Gasteiger partial charge is 0.308 e. The number of rotatable bonds is 6. The molecule has 2 atom stereocenters. The largest absolute Gasteiger partial charge is 0.466 e. The topological polar surface area (TPSA) is 149 Å². The van der Waals surface area contributed by atoms with Crippen molar-refractivity contribution in [2.24, 2.45) is 23.5 Å². The lowest BCUT2D eigenvalue weighted by Gasteiger charge is -2.30. The van der Waals surface area contributed by atoms with Gasteiger partial charge in [-0.1, -0.05) is 51.5 Å². The van der Waals surface area contributed by atoms with E-state index in [-0.39, 0.29) is 59.2 Å². The Morgan fingerprint density at radius 3 is 2.70 bits per heavy atom. The fourth-order valence-electron chi connectivity index (χ4n) is 7.47. The van der Waals surface area contributed by atoms with E-state index in [1.165, 1.54) is 35.2 Å². The molecule has 1 aliphatic heterocycles. The highest BCUT2D eigenvalue weighted by Crippen LogP contribution is 2.40. The number of aromatic nitrogens is 4. The minimum atomic E-state index is -3.67. The molecule has 3 aromatic carbocycles. The summed E-state index contributed by atoms with van der Waals surface area (Å²) >= 11 is 0. The van der Waals surface area contributed by atoms with Gasteiger partial charge in [-0.05, 0) is 73.4 Å². The van der Waals surface area contributed by atoms with Crippen LogP contribution in [-0.2, 0) is 44.7 Å². The monoisotopic (exact) mass is 761 g/mol. The molecule has 2 aromatic heterocycles. The summed E-state index contributed by atoms with van der Waals surface area (Å²) in [5.41, 5.74) is 0.436. The van der Waals surface area contributed by atoms with Gasteiger partial charge < -0.3 is 19.7 Å². The van der Waals surface area contributed by atoms with Gasteiger partial charge in [0.2, 0.25) is 0 Å². The first kappa shape index (κ1) is 38.6. The highest BCUT2D eigenvalue weighted by molar-refractivity contribution is 7.91. The predicted molar refractivity (Wildman–Crippen MR) is 202 cm³/mol. The van der Waals surface area contributed by atoms with Gasteiger partial charge in [0.1, 0.15) is 11.6 Å². The molecule has 0 radical (unpaired) electrons. The minimum Gasteiger partial charge on any atom is -0.466 e. The Bertz CT molecular complexity index is 2320. The Labute approximate surface area is 313 Å². The van der Waals surface area contributed by atoms with E-state index in [4.69, 9.17) is 19.6 Å². The van der Waals surface area contributed by atoms with Crippen LogP contribution in [0.15, 0.2) is 65.9 Å². The summed E-state index contributed by atoms with van der Waals surface area (Å²) in [5, 5.41) is 19.0. The number of carbonyl (C=O) groups is 1. The third-order valence-electron chi connectivity index (χ3n) is 10.1. The van der Waals surface area contributed by atoms with Crippen molar-refractivity contribution in [1.29, 1.82) is 0 Å². The molecule has 0 spiro atoms. The van der Waals surface area contributed by atoms with Crippen LogP contribution in [0.2, 0.25) is 0 Å². The van der Waals surface area contributed by atoms with Crippen LogP contribution in [-0.4, -0.2) is 63.7 Å². The number of carbonyl (C=O) groups excluding carboxylic acids is 1. The molecule has 1 aliphatic rings. The van der Waals surface area contributed by atoms with Gasteiger partial charge >= 0.3 is 5.97 Å². The number of benzene rings is 3. The molecule has 14 heteroatoms. The number of hydrogen-bond acceptors (Lipinski definition) is 9. The van der Waals surface area contributed by atoms with Crippen LogP contribution in [0.25, 0.3) is 22.3 Å². The number of aryl methyl sites for hydroxylation is 2. The van der Waals surface area contributed by atoms with Crippen molar-refractivity contribution in [3.63, 3.8) is 0 Å². The summed E-state index contributed by atoms with van der Waals surface area (Å²) < 4.78 is 71.7. The van der Waals surface area contributed by atoms with E-state index in [0.717, 1.165) is 5.56 Å². The first-order valence-corrected chi connectivity index (χ1v) is 19.8. The molecule has 0 aliphatic carbocycles. The van der Waals surface area contributed by atoms with E-state index >= 15 is 8.78 Å². The van der Waals surface area contributed by atoms with Gasteiger partial charge in [0.15, 0.2) is 33.1 Å². The maximum absolute atomic E-state index is 15.8. The summed E-state index contributed by atoms with van der Waals surface area (Å²) in [6.45, 7) is 7.57. The van der Waals surface area contributed by atoms with Crippen LogP contribution in [0.3, 0.4) is 0 Å². The van der Waals surface area contributed by atoms with Gasteiger partial charge in [-0.25, -0.2) is 26.9 Å². The Kier molecular flexibility index (Phi) is 11.0. The van der Waals surface area contributed by atoms with Gasteiger partial charge in [-0.3, -0.25) is 4.79 Å². The quantitative estimate of drug-likeness (QED) is 0.0775. The number of hydrogen-bond donors (Lipinski definition) is 2. The summed E-state index contributed by atoms with van der Waals surface area (Å²) in [6.07, 6.45) is 4.58. The second-order valence-corrected chi connectivity index (χ2v) is 17.0. The molecule has 3 heterocycles. The van der Waals surface area contributed by atoms with Gasteiger partial charge in [0, 0.05) is 35.8 Å². The molecule has 0 saturated carbocycles. The Hall–Kier alpha value is -5.11. The minimum absolute atomic E-state index is 0.0121. The second kappa shape index (κ2) is 15.3. The van der Waals surface area contributed by atoms with Crippen LogP contribution < -0.4 is 4.74 Å². The number of sulfone groups is 1. The zero-order chi connectivity index (χ0) is 38.8. The number of H-pyrrole nitrogens is 1. The first-order chi connectivity index (χ1) is 25.6. The number of oxime groups is 1. The number of esters is 1. The Balaban J connectivity index is 1.52. The molecule has 6 rings (SSSR count). The van der Waals surface area contributed by atoms with Crippen LogP contribution >= 0.6 is 0 Å². The third-order valence-corrected chi connectivity index (χ3v) is 12.1. The molecule has 0 amide bonds. The fraction of sp³-hybridized carbons (Fsp3) is 0.400. The van der Waals surface area contributed by atoms with Gasteiger partial charge in [0.05, 0.1) is 41.2 Å². The zero-order valence-corrected chi connectivity index (χ0v) is 31.8. The van der Waals surface area contributed by atoms with Gasteiger partial charge in [0.25, 0.3) is 0 Å². The third kappa shape index (κ3) is 8.03. The van der Waals surface area contributed by atoms with Crippen molar-refractivity contribution in [2.75, 3.05) is 18.1 Å². The lowest BCUT2D eigenvalue weighted by atomic mass is 9.74.